The summed E-state index contributed by atoms with van der Waals surface area (Å²) in [5.74, 6) is 0.945. The van der Waals surface area contributed by atoms with Crippen LogP contribution in [0.5, 0.6) is 11.5 Å². The molecule has 1 aromatic carbocycles. The van der Waals surface area contributed by atoms with Gasteiger partial charge in [0.1, 0.15) is 0 Å². The van der Waals surface area contributed by atoms with Crippen molar-refractivity contribution in [1.29, 1.82) is 5.26 Å². The molecule has 4 saturated heterocycles. The van der Waals surface area contributed by atoms with Crippen LogP contribution in [0.1, 0.15) is 31.9 Å². The molecule has 9 heteroatoms. The second-order valence-corrected chi connectivity index (χ2v) is 10.8. The first-order valence-electron chi connectivity index (χ1n) is 9.25. The van der Waals surface area contributed by atoms with Crippen LogP contribution in [0.3, 0.4) is 0 Å². The number of nitrogens with zero attached hydrogens (tertiary/aromatic N) is 3. The summed E-state index contributed by atoms with van der Waals surface area (Å²) in [5.41, 5.74) is -0.157. The van der Waals surface area contributed by atoms with E-state index < -0.39 is 21.2 Å². The summed E-state index contributed by atoms with van der Waals surface area (Å²) >= 11 is 0. The summed E-state index contributed by atoms with van der Waals surface area (Å²) in [6, 6.07) is 7.33. The van der Waals surface area contributed by atoms with Gasteiger partial charge >= 0.3 is 0 Å². The number of benzene rings is 1. The van der Waals surface area contributed by atoms with Crippen LogP contribution in [0, 0.1) is 16.7 Å². The first kappa shape index (κ1) is 18.7. The Morgan fingerprint density at radius 3 is 2.76 bits per heavy atom. The highest BCUT2D eigenvalue weighted by Gasteiger charge is 2.75. The lowest BCUT2D eigenvalue weighted by Crippen LogP contribution is -2.74. The third-order valence-electron chi connectivity index (χ3n) is 6.19. The molecule has 1 spiro atoms. The molecule has 2 bridgehead atoms. The Bertz CT molecular complexity index is 1010. The zero-order valence-corrected chi connectivity index (χ0v) is 17.6. The van der Waals surface area contributed by atoms with E-state index in [1.165, 1.54) is 21.6 Å². The Morgan fingerprint density at radius 1 is 1.28 bits per heavy atom. The molecule has 0 radical (unpaired) electrons. The van der Waals surface area contributed by atoms with E-state index in [1.807, 2.05) is 19.1 Å². The normalized spacial score (nSPS) is 36.9. The summed E-state index contributed by atoms with van der Waals surface area (Å²) < 4.78 is 10.9. The van der Waals surface area contributed by atoms with E-state index in [9.17, 15) is 14.9 Å². The van der Waals surface area contributed by atoms with Crippen molar-refractivity contribution in [2.75, 3.05) is 13.3 Å². The minimum Gasteiger partial charge on any atom is -0.454 e. The molecule has 5 aliphatic heterocycles. The Kier molecular flexibility index (Phi) is 3.78. The molecule has 7 nitrogen and oxygen atoms in total. The SMILES string of the molecule is C=CCN1C(=O)[C@@]23C[C@](C)(C#N)[C@H](c4ccc5c(c4)OCO5)N2C(=O)C1(C)SS3. The summed E-state index contributed by atoms with van der Waals surface area (Å²) in [7, 11) is 2.80. The van der Waals surface area contributed by atoms with Crippen molar-refractivity contribution in [1.82, 2.24) is 9.80 Å². The molecule has 29 heavy (non-hydrogen) atoms. The van der Waals surface area contributed by atoms with Crippen LogP contribution in [0.25, 0.3) is 0 Å². The maximum atomic E-state index is 13.7. The Hall–Kier alpha value is -2.31. The maximum absolute atomic E-state index is 13.7. The largest absolute Gasteiger partial charge is 0.454 e. The van der Waals surface area contributed by atoms with Crippen LogP contribution in [0.4, 0.5) is 0 Å². The van der Waals surface area contributed by atoms with Gasteiger partial charge in [-0.1, -0.05) is 33.7 Å². The molecule has 0 saturated carbocycles. The summed E-state index contributed by atoms with van der Waals surface area (Å²) in [6.07, 6.45) is 1.90. The minimum absolute atomic E-state index is 0.132. The monoisotopic (exact) mass is 429 g/mol. The topological polar surface area (TPSA) is 82.9 Å². The number of rotatable bonds is 3. The first-order chi connectivity index (χ1) is 13.8. The number of hydrogen-bond acceptors (Lipinski definition) is 7. The summed E-state index contributed by atoms with van der Waals surface area (Å²) in [4.78, 5) is 28.5. The molecule has 1 aromatic rings. The van der Waals surface area contributed by atoms with Gasteiger partial charge in [0, 0.05) is 13.0 Å². The summed E-state index contributed by atoms with van der Waals surface area (Å²) in [5, 5.41) is 10.1. The van der Waals surface area contributed by atoms with Crippen molar-refractivity contribution in [3.8, 4) is 17.6 Å². The number of nitriles is 1. The predicted molar refractivity (Wildman–Crippen MR) is 109 cm³/mol. The van der Waals surface area contributed by atoms with Crippen LogP contribution in [-0.4, -0.2) is 44.7 Å². The quantitative estimate of drug-likeness (QED) is 0.539. The molecule has 5 heterocycles. The molecule has 0 aliphatic carbocycles. The van der Waals surface area contributed by atoms with Gasteiger partial charge in [-0.3, -0.25) is 9.59 Å². The highest BCUT2D eigenvalue weighted by atomic mass is 33.1. The highest BCUT2D eigenvalue weighted by Crippen LogP contribution is 2.69. The fraction of sp³-hybridized carbons (Fsp3) is 0.450. The predicted octanol–water partition coefficient (Wildman–Crippen LogP) is 3.05. The van der Waals surface area contributed by atoms with Crippen molar-refractivity contribution in [3.63, 3.8) is 0 Å². The van der Waals surface area contributed by atoms with Crippen molar-refractivity contribution in [2.24, 2.45) is 5.41 Å². The number of piperazine rings is 1. The van der Waals surface area contributed by atoms with Crippen LogP contribution < -0.4 is 9.47 Å². The van der Waals surface area contributed by atoms with E-state index >= 15 is 0 Å². The van der Waals surface area contributed by atoms with Crippen molar-refractivity contribution in [3.05, 3.63) is 36.4 Å². The number of fused-ring (bicyclic) bond motifs is 3. The van der Waals surface area contributed by atoms with E-state index in [0.29, 0.717) is 18.0 Å². The zero-order valence-electron chi connectivity index (χ0n) is 16.0. The van der Waals surface area contributed by atoms with Crippen LogP contribution in [0.15, 0.2) is 30.9 Å². The van der Waals surface area contributed by atoms with E-state index in [1.54, 1.807) is 28.9 Å². The maximum Gasteiger partial charge on any atom is 0.261 e. The number of carbonyl (C=O) groups is 2. The minimum atomic E-state index is -1.10. The van der Waals surface area contributed by atoms with Gasteiger partial charge < -0.3 is 19.3 Å². The van der Waals surface area contributed by atoms with Gasteiger partial charge in [-0.25, -0.2) is 0 Å². The second kappa shape index (κ2) is 5.86. The Labute approximate surface area is 176 Å². The van der Waals surface area contributed by atoms with Gasteiger partial charge in [-0.2, -0.15) is 5.26 Å². The molecule has 1 unspecified atom stereocenters. The lowest BCUT2D eigenvalue weighted by atomic mass is 9.79. The molecule has 150 valence electrons. The van der Waals surface area contributed by atoms with Crippen molar-refractivity contribution >= 4 is 33.4 Å². The molecule has 0 aromatic heterocycles. The molecular formula is C20H19N3O4S2. The standard InChI is InChI=1S/C20H19N3O4S2/c1-4-7-22-17(25)20-9-18(2,10-21)15(23(20)16(24)19(22,3)28-29-20)12-5-6-13-14(8-12)27-11-26-13/h4-6,8,15H,1,7,9,11H2,2-3H3/t15-,18+,19?,20-/m0/s1. The van der Waals surface area contributed by atoms with Gasteiger partial charge in [0.05, 0.1) is 17.5 Å². The average molecular weight is 430 g/mol. The number of ether oxygens (including phenoxy) is 2. The third-order valence-corrected chi connectivity index (χ3v) is 9.83. The smallest absolute Gasteiger partial charge is 0.261 e. The molecule has 2 amide bonds. The van der Waals surface area contributed by atoms with Gasteiger partial charge in [0.25, 0.3) is 11.8 Å². The number of carbonyl (C=O) groups excluding carboxylic acids is 2. The first-order valence-corrected chi connectivity index (χ1v) is 11.4. The van der Waals surface area contributed by atoms with E-state index in [2.05, 4.69) is 12.6 Å². The molecule has 0 N–H and O–H groups in total. The zero-order chi connectivity index (χ0) is 20.6. The molecule has 4 fully saturated rings. The molecule has 5 aliphatic rings. The van der Waals surface area contributed by atoms with Crippen LogP contribution >= 0.6 is 21.6 Å². The second-order valence-electron chi connectivity index (χ2n) is 8.03. The van der Waals surface area contributed by atoms with E-state index in [-0.39, 0.29) is 25.0 Å². The fourth-order valence-electron chi connectivity index (χ4n) is 4.80. The van der Waals surface area contributed by atoms with Gasteiger partial charge in [-0.15, -0.1) is 6.58 Å². The lowest BCUT2D eigenvalue weighted by molar-refractivity contribution is -0.165. The number of amides is 2. The van der Waals surface area contributed by atoms with E-state index in [4.69, 9.17) is 9.47 Å². The average Bonchev–Trinajstić information content (AvgIpc) is 3.28. The van der Waals surface area contributed by atoms with Gasteiger partial charge in [-0.05, 0) is 31.5 Å². The fourth-order valence-corrected chi connectivity index (χ4v) is 8.34. The molecule has 4 atom stereocenters. The van der Waals surface area contributed by atoms with Crippen LogP contribution in [-0.2, 0) is 9.59 Å². The van der Waals surface area contributed by atoms with Gasteiger partial charge in [0.15, 0.2) is 21.2 Å². The summed E-state index contributed by atoms with van der Waals surface area (Å²) in [6.45, 7) is 7.78. The Morgan fingerprint density at radius 2 is 2.03 bits per heavy atom. The molecular weight excluding hydrogens is 410 g/mol. The lowest BCUT2D eigenvalue weighted by Gasteiger charge is -2.58. The van der Waals surface area contributed by atoms with Crippen LogP contribution in [0.2, 0.25) is 0 Å². The number of hydrogen-bond donors (Lipinski definition) is 0. The van der Waals surface area contributed by atoms with E-state index in [0.717, 1.165) is 5.56 Å². The van der Waals surface area contributed by atoms with Crippen molar-refractivity contribution < 1.29 is 19.1 Å². The third kappa shape index (κ3) is 2.16. The highest BCUT2D eigenvalue weighted by molar-refractivity contribution is 8.78. The van der Waals surface area contributed by atoms with Gasteiger partial charge in [0.2, 0.25) is 6.79 Å². The molecule has 6 rings (SSSR count). The Balaban J connectivity index is 1.68. The van der Waals surface area contributed by atoms with Crippen molar-refractivity contribution in [2.45, 2.75) is 36.1 Å².